The molecule has 1 aliphatic heterocycles. The van der Waals surface area contributed by atoms with Crippen LogP contribution in [0.25, 0.3) is 0 Å². The molecule has 0 saturated carbocycles. The molecule has 1 aliphatic rings. The van der Waals surface area contributed by atoms with Gasteiger partial charge in [-0.2, -0.15) is 0 Å². The molecule has 0 aliphatic carbocycles. The van der Waals surface area contributed by atoms with Crippen LogP contribution in [0, 0.1) is 11.7 Å². The molecule has 1 aromatic carbocycles. The first-order valence-electron chi connectivity index (χ1n) is 5.94. The van der Waals surface area contributed by atoms with Crippen molar-refractivity contribution < 1.29 is 9.13 Å². The highest BCUT2D eigenvalue weighted by atomic mass is 35.5. The number of halogens is 2. The first-order valence-corrected chi connectivity index (χ1v) is 6.31. The summed E-state index contributed by atoms with van der Waals surface area (Å²) in [4.78, 5) is 0. The Morgan fingerprint density at radius 1 is 1.53 bits per heavy atom. The second kappa shape index (κ2) is 5.69. The summed E-state index contributed by atoms with van der Waals surface area (Å²) in [6, 6.07) is 3.27. The fraction of sp³-hybridized carbons (Fsp3) is 0.538. The molecule has 4 heteroatoms. The molecule has 1 saturated heterocycles. The van der Waals surface area contributed by atoms with Crippen LogP contribution >= 0.6 is 11.6 Å². The highest BCUT2D eigenvalue weighted by Gasteiger charge is 2.19. The predicted octanol–water partition coefficient (Wildman–Crippen LogP) is 3.03. The average Bonchev–Trinajstić information content (AvgIpc) is 2.36. The molecule has 0 amide bonds. The van der Waals surface area contributed by atoms with Crippen LogP contribution in [0.2, 0.25) is 5.02 Å². The van der Waals surface area contributed by atoms with Gasteiger partial charge in [0.1, 0.15) is 0 Å². The van der Waals surface area contributed by atoms with Gasteiger partial charge >= 0.3 is 0 Å². The summed E-state index contributed by atoms with van der Waals surface area (Å²) in [5.74, 6) is 0.418. The molecule has 1 aromatic rings. The van der Waals surface area contributed by atoms with Crippen molar-refractivity contribution in [1.82, 2.24) is 5.32 Å². The highest BCUT2D eigenvalue weighted by Crippen LogP contribution is 2.30. The molecule has 0 aromatic heterocycles. The molecule has 0 radical (unpaired) electrons. The Bertz CT molecular complexity index is 391. The monoisotopic (exact) mass is 257 g/mol. The third kappa shape index (κ3) is 2.90. The van der Waals surface area contributed by atoms with Gasteiger partial charge in [0.05, 0.1) is 7.11 Å². The highest BCUT2D eigenvalue weighted by molar-refractivity contribution is 6.31. The van der Waals surface area contributed by atoms with Crippen LogP contribution in [0.1, 0.15) is 18.4 Å². The number of hydrogen-bond acceptors (Lipinski definition) is 2. The maximum atomic E-state index is 14.1. The van der Waals surface area contributed by atoms with E-state index in [-0.39, 0.29) is 11.6 Å². The molecule has 0 spiro atoms. The Hall–Kier alpha value is -0.800. The van der Waals surface area contributed by atoms with Crippen LogP contribution in [-0.4, -0.2) is 20.2 Å². The van der Waals surface area contributed by atoms with Gasteiger partial charge in [-0.3, -0.25) is 0 Å². The van der Waals surface area contributed by atoms with E-state index in [1.807, 2.05) is 0 Å². The molecule has 94 valence electrons. The lowest BCUT2D eigenvalue weighted by molar-refractivity contribution is 0.361. The number of hydrogen-bond donors (Lipinski definition) is 1. The minimum atomic E-state index is -0.314. The van der Waals surface area contributed by atoms with Crippen molar-refractivity contribution in [3.8, 4) is 5.75 Å². The van der Waals surface area contributed by atoms with Gasteiger partial charge in [-0.25, -0.2) is 4.39 Å². The van der Waals surface area contributed by atoms with Crippen molar-refractivity contribution in [2.45, 2.75) is 19.3 Å². The van der Waals surface area contributed by atoms with Gasteiger partial charge in [-0.15, -0.1) is 0 Å². The number of ether oxygens (including phenoxy) is 1. The Kier molecular flexibility index (Phi) is 4.24. The normalized spacial score (nSPS) is 20.3. The smallest absolute Gasteiger partial charge is 0.169 e. The van der Waals surface area contributed by atoms with Gasteiger partial charge in [0.15, 0.2) is 11.6 Å². The van der Waals surface area contributed by atoms with E-state index < -0.39 is 0 Å². The standard InChI is InChI=1S/C13H17ClFNO/c1-17-12-5-4-11(14)10(13(12)15)7-9-3-2-6-16-8-9/h4-5,9,16H,2-3,6-8H2,1H3. The van der Waals surface area contributed by atoms with E-state index in [0.717, 1.165) is 25.9 Å². The predicted molar refractivity (Wildman–Crippen MR) is 67.3 cm³/mol. The quantitative estimate of drug-likeness (QED) is 0.899. The molecular weight excluding hydrogens is 241 g/mol. The third-order valence-electron chi connectivity index (χ3n) is 3.26. The number of benzene rings is 1. The summed E-state index contributed by atoms with van der Waals surface area (Å²) in [6.45, 7) is 2.00. The summed E-state index contributed by atoms with van der Waals surface area (Å²) in [6.07, 6.45) is 2.95. The van der Waals surface area contributed by atoms with Crippen molar-refractivity contribution >= 4 is 11.6 Å². The van der Waals surface area contributed by atoms with E-state index >= 15 is 0 Å². The van der Waals surface area contributed by atoms with E-state index in [2.05, 4.69) is 5.32 Å². The number of rotatable bonds is 3. The lowest BCUT2D eigenvalue weighted by Gasteiger charge is -2.23. The lowest BCUT2D eigenvalue weighted by atomic mass is 9.92. The van der Waals surface area contributed by atoms with Crippen LogP contribution < -0.4 is 10.1 Å². The Morgan fingerprint density at radius 2 is 2.35 bits per heavy atom. The van der Waals surface area contributed by atoms with Crippen molar-refractivity contribution in [2.24, 2.45) is 5.92 Å². The van der Waals surface area contributed by atoms with Crippen LogP contribution in [0.4, 0.5) is 4.39 Å². The number of nitrogens with one attached hydrogen (secondary N) is 1. The maximum Gasteiger partial charge on any atom is 0.169 e. The molecule has 1 fully saturated rings. The van der Waals surface area contributed by atoms with E-state index in [1.54, 1.807) is 12.1 Å². The van der Waals surface area contributed by atoms with Gasteiger partial charge in [0.2, 0.25) is 0 Å². The maximum absolute atomic E-state index is 14.1. The van der Waals surface area contributed by atoms with E-state index in [4.69, 9.17) is 16.3 Å². The van der Waals surface area contributed by atoms with Crippen molar-refractivity contribution in [3.63, 3.8) is 0 Å². The van der Waals surface area contributed by atoms with Crippen LogP contribution in [0.5, 0.6) is 5.75 Å². The summed E-state index contributed by atoms with van der Waals surface area (Å²) < 4.78 is 19.0. The first kappa shape index (κ1) is 12.7. The average molecular weight is 258 g/mol. The topological polar surface area (TPSA) is 21.3 Å². The van der Waals surface area contributed by atoms with Crippen molar-refractivity contribution in [1.29, 1.82) is 0 Å². The zero-order valence-corrected chi connectivity index (χ0v) is 10.7. The van der Waals surface area contributed by atoms with Crippen molar-refractivity contribution in [3.05, 3.63) is 28.5 Å². The fourth-order valence-electron chi connectivity index (χ4n) is 2.31. The van der Waals surface area contributed by atoms with Gasteiger partial charge < -0.3 is 10.1 Å². The molecule has 1 N–H and O–H groups in total. The summed E-state index contributed by atoms with van der Waals surface area (Å²) >= 11 is 6.06. The molecule has 1 atom stereocenters. The van der Waals surface area contributed by atoms with E-state index in [1.165, 1.54) is 7.11 Å². The second-order valence-corrected chi connectivity index (χ2v) is 4.87. The second-order valence-electron chi connectivity index (χ2n) is 4.46. The van der Waals surface area contributed by atoms with Crippen LogP contribution in [0.15, 0.2) is 12.1 Å². The van der Waals surface area contributed by atoms with Crippen LogP contribution in [-0.2, 0) is 6.42 Å². The van der Waals surface area contributed by atoms with E-state index in [9.17, 15) is 4.39 Å². The molecule has 17 heavy (non-hydrogen) atoms. The zero-order chi connectivity index (χ0) is 12.3. The number of piperidine rings is 1. The molecule has 2 nitrogen and oxygen atoms in total. The summed E-state index contributed by atoms with van der Waals surface area (Å²) in [7, 11) is 1.47. The molecular formula is C13H17ClFNO. The SMILES string of the molecule is COc1ccc(Cl)c(CC2CCCNC2)c1F. The first-order chi connectivity index (χ1) is 8.22. The zero-order valence-electron chi connectivity index (χ0n) is 9.93. The minimum Gasteiger partial charge on any atom is -0.494 e. The fourth-order valence-corrected chi connectivity index (χ4v) is 2.53. The van der Waals surface area contributed by atoms with Gasteiger partial charge in [-0.05, 0) is 50.4 Å². The van der Waals surface area contributed by atoms with Crippen LogP contribution in [0.3, 0.4) is 0 Å². The van der Waals surface area contributed by atoms with Gasteiger partial charge in [0.25, 0.3) is 0 Å². The number of methoxy groups -OCH3 is 1. The van der Waals surface area contributed by atoms with Gasteiger partial charge in [0, 0.05) is 10.6 Å². The van der Waals surface area contributed by atoms with Gasteiger partial charge in [-0.1, -0.05) is 11.6 Å². The Morgan fingerprint density at radius 3 is 3.00 bits per heavy atom. The van der Waals surface area contributed by atoms with Crippen molar-refractivity contribution in [2.75, 3.05) is 20.2 Å². The molecule has 1 heterocycles. The van der Waals surface area contributed by atoms with E-state index in [0.29, 0.717) is 22.9 Å². The third-order valence-corrected chi connectivity index (χ3v) is 3.62. The Balaban J connectivity index is 2.18. The molecule has 2 rings (SSSR count). The molecule has 0 bridgehead atoms. The summed E-state index contributed by atoms with van der Waals surface area (Å²) in [5.41, 5.74) is 0.583. The lowest BCUT2D eigenvalue weighted by Crippen LogP contribution is -2.31. The largest absolute Gasteiger partial charge is 0.494 e. The minimum absolute atomic E-state index is 0.271. The Labute approximate surface area is 106 Å². The molecule has 1 unspecified atom stereocenters. The summed E-state index contributed by atoms with van der Waals surface area (Å²) in [5, 5.41) is 3.82.